The van der Waals surface area contributed by atoms with Gasteiger partial charge in [-0.3, -0.25) is 0 Å². The van der Waals surface area contributed by atoms with E-state index in [9.17, 15) is 0 Å². The topological polar surface area (TPSA) is 29.3 Å². The highest BCUT2D eigenvalue weighted by Crippen LogP contribution is 2.35. The van der Waals surface area contributed by atoms with E-state index in [1.54, 1.807) is 0 Å². The molecule has 0 heterocycles. The van der Waals surface area contributed by atoms with Crippen molar-refractivity contribution in [3.8, 4) is 0 Å². The third-order valence-electron chi connectivity index (χ3n) is 5.61. The summed E-state index contributed by atoms with van der Waals surface area (Å²) in [6, 6.07) is 6.82. The van der Waals surface area contributed by atoms with Gasteiger partial charge in [0.15, 0.2) is 0 Å². The summed E-state index contributed by atoms with van der Waals surface area (Å²) in [6.45, 7) is 19.3. The van der Waals surface area contributed by atoms with Crippen molar-refractivity contribution in [3.63, 3.8) is 0 Å². The number of benzene rings is 1. The van der Waals surface area contributed by atoms with Gasteiger partial charge in [0.05, 0.1) is 0 Å². The molecule has 144 valence electrons. The molecule has 0 spiro atoms. The van der Waals surface area contributed by atoms with Crippen LogP contribution in [0.2, 0.25) is 0 Å². The van der Waals surface area contributed by atoms with Gasteiger partial charge < -0.3 is 10.6 Å². The highest BCUT2D eigenvalue weighted by atomic mass is 15.1. The SMILES string of the molecule is C=C(N)/C1=C(\C)C(N(C)C)CC(C)c2cccc(C)c2C(=C)/C=C/CC1=C. The minimum absolute atomic E-state index is 0.261. The first kappa shape index (κ1) is 21.0. The first-order valence-corrected chi connectivity index (χ1v) is 9.60. The Labute approximate surface area is 165 Å². The second-order valence-electron chi connectivity index (χ2n) is 7.97. The molecule has 2 heteroatoms. The number of fused-ring (bicyclic) bond motifs is 1. The van der Waals surface area contributed by atoms with Gasteiger partial charge in [-0.25, -0.2) is 0 Å². The third-order valence-corrected chi connectivity index (χ3v) is 5.61. The fourth-order valence-corrected chi connectivity index (χ4v) is 4.23. The summed E-state index contributed by atoms with van der Waals surface area (Å²) >= 11 is 0. The summed E-state index contributed by atoms with van der Waals surface area (Å²) < 4.78 is 0. The number of aryl methyl sites for hydroxylation is 1. The van der Waals surface area contributed by atoms with Crippen molar-refractivity contribution in [1.82, 2.24) is 4.90 Å². The van der Waals surface area contributed by atoms with Crippen LogP contribution in [0.3, 0.4) is 0 Å². The van der Waals surface area contributed by atoms with E-state index in [4.69, 9.17) is 5.73 Å². The molecule has 2 atom stereocenters. The second kappa shape index (κ2) is 8.58. The number of allylic oxidation sites excluding steroid dienone is 4. The molecule has 0 aromatic heterocycles. The largest absolute Gasteiger partial charge is 0.399 e. The van der Waals surface area contributed by atoms with E-state index in [1.165, 1.54) is 22.3 Å². The standard InChI is InChI=1S/C25H34N2/c1-16-11-9-12-18(3)25(21(6)26)20(5)23(27(7)8)15-19(4)22-14-10-13-17(2)24(16)22/h9-11,13-14,19,23H,1,3,6,12,15,26H2,2,4-5,7-8H3/b11-9+,25-20+. The molecular formula is C25H34N2. The lowest BCUT2D eigenvalue weighted by Gasteiger charge is -2.32. The molecule has 0 fully saturated rings. The minimum Gasteiger partial charge on any atom is -0.399 e. The van der Waals surface area contributed by atoms with Crippen LogP contribution >= 0.6 is 0 Å². The molecule has 1 aromatic rings. The van der Waals surface area contributed by atoms with Crippen LogP contribution in [0, 0.1) is 6.92 Å². The molecule has 2 rings (SSSR count). The van der Waals surface area contributed by atoms with Crippen LogP contribution in [0.15, 0.2) is 72.5 Å². The molecule has 0 radical (unpaired) electrons. The Morgan fingerprint density at radius 1 is 1.19 bits per heavy atom. The van der Waals surface area contributed by atoms with Gasteiger partial charge in [0.2, 0.25) is 0 Å². The van der Waals surface area contributed by atoms with Crippen molar-refractivity contribution in [2.75, 3.05) is 14.1 Å². The van der Waals surface area contributed by atoms with Crippen LogP contribution in [-0.2, 0) is 0 Å². The summed E-state index contributed by atoms with van der Waals surface area (Å²) in [5.74, 6) is 0.382. The maximum atomic E-state index is 6.18. The van der Waals surface area contributed by atoms with Crippen LogP contribution < -0.4 is 5.73 Å². The molecule has 2 N–H and O–H groups in total. The van der Waals surface area contributed by atoms with Crippen LogP contribution in [-0.4, -0.2) is 25.0 Å². The molecule has 1 aliphatic rings. The van der Waals surface area contributed by atoms with Crippen molar-refractivity contribution in [2.24, 2.45) is 5.73 Å². The molecular weight excluding hydrogens is 328 g/mol. The van der Waals surface area contributed by atoms with Gasteiger partial charge >= 0.3 is 0 Å². The van der Waals surface area contributed by atoms with Crippen molar-refractivity contribution in [2.45, 2.75) is 45.6 Å². The lowest BCUT2D eigenvalue weighted by Crippen LogP contribution is -2.32. The maximum Gasteiger partial charge on any atom is 0.0317 e. The van der Waals surface area contributed by atoms with Crippen LogP contribution in [0.1, 0.15) is 49.3 Å². The quantitative estimate of drug-likeness (QED) is 0.727. The Morgan fingerprint density at radius 2 is 1.85 bits per heavy atom. The molecule has 0 amide bonds. The zero-order valence-corrected chi connectivity index (χ0v) is 17.6. The minimum atomic E-state index is 0.261. The highest BCUT2D eigenvalue weighted by molar-refractivity contribution is 5.77. The van der Waals surface area contributed by atoms with E-state index < -0.39 is 0 Å². The van der Waals surface area contributed by atoms with Gasteiger partial charge in [-0.2, -0.15) is 0 Å². The van der Waals surface area contributed by atoms with E-state index in [0.29, 0.717) is 11.6 Å². The molecule has 0 saturated heterocycles. The normalized spacial score (nSPS) is 25.6. The zero-order chi connectivity index (χ0) is 20.3. The summed E-state index contributed by atoms with van der Waals surface area (Å²) in [5.41, 5.74) is 15.0. The molecule has 2 nitrogen and oxygen atoms in total. The number of likely N-dealkylation sites (N-methyl/N-ethyl adjacent to an activating group) is 1. The van der Waals surface area contributed by atoms with E-state index >= 15 is 0 Å². The van der Waals surface area contributed by atoms with Gasteiger partial charge in [0.25, 0.3) is 0 Å². The van der Waals surface area contributed by atoms with Crippen molar-refractivity contribution < 1.29 is 0 Å². The summed E-state index contributed by atoms with van der Waals surface area (Å²) in [7, 11) is 4.25. The Hall–Kier alpha value is -2.32. The Kier molecular flexibility index (Phi) is 6.67. The molecule has 1 aliphatic carbocycles. The molecule has 0 saturated carbocycles. The fraction of sp³-hybridized carbons (Fsp3) is 0.360. The Bertz CT molecular complexity index is 821. The molecule has 0 bridgehead atoms. The van der Waals surface area contributed by atoms with Gasteiger partial charge in [-0.05, 0) is 80.1 Å². The van der Waals surface area contributed by atoms with Crippen LogP contribution in [0.25, 0.3) is 5.57 Å². The van der Waals surface area contributed by atoms with Crippen LogP contribution in [0.4, 0.5) is 0 Å². The summed E-state index contributed by atoms with van der Waals surface area (Å²) in [5, 5.41) is 0. The first-order valence-electron chi connectivity index (χ1n) is 9.60. The summed E-state index contributed by atoms with van der Waals surface area (Å²) in [4.78, 5) is 2.27. The van der Waals surface area contributed by atoms with E-state index in [0.717, 1.165) is 29.6 Å². The lowest BCUT2D eigenvalue weighted by atomic mass is 9.82. The van der Waals surface area contributed by atoms with Crippen molar-refractivity contribution >= 4 is 5.57 Å². The number of nitrogens with zero attached hydrogens (tertiary/aromatic N) is 1. The predicted octanol–water partition coefficient (Wildman–Crippen LogP) is 5.74. The van der Waals surface area contributed by atoms with Crippen molar-refractivity contribution in [1.29, 1.82) is 0 Å². The van der Waals surface area contributed by atoms with Crippen molar-refractivity contribution in [3.05, 3.63) is 89.2 Å². The predicted molar refractivity (Wildman–Crippen MR) is 120 cm³/mol. The first-order chi connectivity index (χ1) is 12.6. The Morgan fingerprint density at radius 3 is 2.44 bits per heavy atom. The third kappa shape index (κ3) is 4.51. The average molecular weight is 363 g/mol. The second-order valence-corrected chi connectivity index (χ2v) is 7.97. The molecule has 27 heavy (non-hydrogen) atoms. The number of rotatable bonds is 2. The average Bonchev–Trinajstić information content (AvgIpc) is 2.57. The van der Waals surface area contributed by atoms with E-state index in [2.05, 4.69) is 89.9 Å². The van der Waals surface area contributed by atoms with Gasteiger partial charge in [0.1, 0.15) is 0 Å². The van der Waals surface area contributed by atoms with Gasteiger partial charge in [0, 0.05) is 17.3 Å². The zero-order valence-electron chi connectivity index (χ0n) is 17.6. The fourth-order valence-electron chi connectivity index (χ4n) is 4.23. The highest BCUT2D eigenvalue weighted by Gasteiger charge is 2.24. The van der Waals surface area contributed by atoms with E-state index in [1.807, 2.05) is 0 Å². The number of nitrogens with two attached hydrogens (primary N) is 1. The molecule has 2 unspecified atom stereocenters. The molecule has 0 aliphatic heterocycles. The van der Waals surface area contributed by atoms with Crippen LogP contribution in [0.5, 0.6) is 0 Å². The maximum absolute atomic E-state index is 6.18. The Balaban J connectivity index is 2.68. The number of hydrogen-bond acceptors (Lipinski definition) is 2. The number of hydrogen-bond donors (Lipinski definition) is 1. The smallest absolute Gasteiger partial charge is 0.0317 e. The van der Waals surface area contributed by atoms with Gasteiger partial charge in [-0.15, -0.1) is 0 Å². The molecule has 1 aromatic carbocycles. The van der Waals surface area contributed by atoms with Gasteiger partial charge in [-0.1, -0.05) is 57.0 Å². The lowest BCUT2D eigenvalue weighted by molar-refractivity contribution is 0.301. The monoisotopic (exact) mass is 362 g/mol. The summed E-state index contributed by atoms with van der Waals surface area (Å²) in [6.07, 6.45) is 5.98. The van der Waals surface area contributed by atoms with E-state index in [-0.39, 0.29) is 6.04 Å².